The Morgan fingerprint density at radius 3 is 2.22 bits per heavy atom. The van der Waals surface area contributed by atoms with Crippen LogP contribution >= 0.6 is 11.3 Å². The van der Waals surface area contributed by atoms with E-state index in [4.69, 9.17) is 9.47 Å². The van der Waals surface area contributed by atoms with Crippen LogP contribution in [0.25, 0.3) is 16.0 Å². The Bertz CT molecular complexity index is 1510. The highest BCUT2D eigenvalue weighted by molar-refractivity contribution is 7.22. The number of rotatable bonds is 7. The van der Waals surface area contributed by atoms with Gasteiger partial charge in [-0.05, 0) is 74.0 Å². The van der Waals surface area contributed by atoms with Gasteiger partial charge >= 0.3 is 5.91 Å². The van der Waals surface area contributed by atoms with Crippen LogP contribution < -0.4 is 14.4 Å². The van der Waals surface area contributed by atoms with Gasteiger partial charge in [0.05, 0.1) is 35.0 Å². The van der Waals surface area contributed by atoms with Gasteiger partial charge < -0.3 is 14.6 Å². The summed E-state index contributed by atoms with van der Waals surface area (Å²) in [5, 5.41) is 11.5. The molecule has 3 aromatic carbocycles. The SMILES string of the molecule is CCOc1ccc(/C(O)=C2\C(=O)C(=O)N(c3nc4ccc(F)cc4s3)[C@@H]2c2ccc(OCC)cc2)cc1. The van der Waals surface area contributed by atoms with Crippen LogP contribution in [-0.2, 0) is 9.59 Å². The number of hydrogen-bond donors (Lipinski definition) is 1. The average molecular weight is 519 g/mol. The van der Waals surface area contributed by atoms with E-state index in [1.807, 2.05) is 13.8 Å². The van der Waals surface area contributed by atoms with Gasteiger partial charge in [-0.25, -0.2) is 9.37 Å². The van der Waals surface area contributed by atoms with Gasteiger partial charge in [-0.15, -0.1) is 0 Å². The zero-order valence-corrected chi connectivity index (χ0v) is 20.9. The van der Waals surface area contributed by atoms with E-state index in [0.717, 1.165) is 11.3 Å². The second-order valence-corrected chi connectivity index (χ2v) is 9.25. The quantitative estimate of drug-likeness (QED) is 0.187. The molecule has 1 atom stereocenters. The summed E-state index contributed by atoms with van der Waals surface area (Å²) in [6.45, 7) is 4.70. The third-order valence-corrected chi connectivity index (χ3v) is 6.95. The predicted molar refractivity (Wildman–Crippen MR) is 140 cm³/mol. The highest BCUT2D eigenvalue weighted by atomic mass is 32.1. The number of halogens is 1. The maximum Gasteiger partial charge on any atom is 0.301 e. The molecule has 1 amide bonds. The molecule has 1 saturated heterocycles. The van der Waals surface area contributed by atoms with Crippen molar-refractivity contribution in [2.24, 2.45) is 0 Å². The maximum absolute atomic E-state index is 13.8. The monoisotopic (exact) mass is 518 g/mol. The number of anilines is 1. The molecule has 0 unspecified atom stereocenters. The van der Waals surface area contributed by atoms with Crippen molar-refractivity contribution in [1.82, 2.24) is 4.98 Å². The average Bonchev–Trinajstić information content (AvgIpc) is 3.42. The number of ether oxygens (including phenoxy) is 2. The van der Waals surface area contributed by atoms with Gasteiger partial charge in [0.1, 0.15) is 23.1 Å². The van der Waals surface area contributed by atoms with Crippen LogP contribution in [0, 0.1) is 5.82 Å². The minimum absolute atomic E-state index is 0.0660. The number of aromatic nitrogens is 1. The Labute approximate surface area is 216 Å². The Morgan fingerprint density at radius 1 is 0.973 bits per heavy atom. The van der Waals surface area contributed by atoms with Gasteiger partial charge in [0.2, 0.25) is 0 Å². The van der Waals surface area contributed by atoms with Gasteiger partial charge in [0.25, 0.3) is 5.78 Å². The first kappa shape index (κ1) is 24.5. The van der Waals surface area contributed by atoms with Gasteiger partial charge in [0.15, 0.2) is 5.13 Å². The summed E-state index contributed by atoms with van der Waals surface area (Å²) in [6, 6.07) is 16.8. The first-order valence-electron chi connectivity index (χ1n) is 11.7. The maximum atomic E-state index is 13.8. The molecule has 0 bridgehead atoms. The normalized spacial score (nSPS) is 16.9. The molecule has 5 rings (SSSR count). The Balaban J connectivity index is 1.66. The number of hydrogen-bond acceptors (Lipinski definition) is 7. The van der Waals surface area contributed by atoms with Crippen LogP contribution in [0.5, 0.6) is 11.5 Å². The van der Waals surface area contributed by atoms with Crippen molar-refractivity contribution in [3.05, 3.63) is 89.2 Å². The van der Waals surface area contributed by atoms with Crippen molar-refractivity contribution in [2.75, 3.05) is 18.1 Å². The van der Waals surface area contributed by atoms with Crippen LogP contribution in [0.3, 0.4) is 0 Å². The third-order valence-electron chi connectivity index (χ3n) is 5.94. The lowest BCUT2D eigenvalue weighted by atomic mass is 9.95. The fourth-order valence-corrected chi connectivity index (χ4v) is 5.30. The van der Waals surface area contributed by atoms with E-state index < -0.39 is 23.5 Å². The molecule has 7 nitrogen and oxygen atoms in total. The van der Waals surface area contributed by atoms with Crippen molar-refractivity contribution in [2.45, 2.75) is 19.9 Å². The molecular weight excluding hydrogens is 495 g/mol. The standard InChI is InChI=1S/C28H23FN2O5S/c1-3-35-19-10-5-16(6-11-19)24-23(25(32)17-7-12-20(13-8-17)36-4-2)26(33)27(34)31(24)28-30-21-14-9-18(29)15-22(21)37-28/h5-15,24,32H,3-4H2,1-2H3/b25-23+/t24-/m1/s1. The Kier molecular flexibility index (Phi) is 6.62. The van der Waals surface area contributed by atoms with E-state index in [2.05, 4.69) is 4.98 Å². The number of thiazole rings is 1. The van der Waals surface area contributed by atoms with Crippen molar-refractivity contribution >= 4 is 44.1 Å². The van der Waals surface area contributed by atoms with Crippen molar-refractivity contribution < 1.29 is 28.6 Å². The van der Waals surface area contributed by atoms with E-state index in [9.17, 15) is 19.1 Å². The number of fused-ring (bicyclic) bond motifs is 1. The zero-order chi connectivity index (χ0) is 26.1. The van der Waals surface area contributed by atoms with Crippen LogP contribution in [-0.4, -0.2) is 35.0 Å². The first-order valence-corrected chi connectivity index (χ1v) is 12.6. The first-order chi connectivity index (χ1) is 17.9. The molecule has 1 aromatic heterocycles. The van der Waals surface area contributed by atoms with E-state index in [1.165, 1.54) is 23.1 Å². The summed E-state index contributed by atoms with van der Waals surface area (Å²) in [5.74, 6) is -1.16. The molecule has 0 radical (unpaired) electrons. The molecule has 1 N–H and O–H groups in total. The summed E-state index contributed by atoms with van der Waals surface area (Å²) < 4.78 is 25.4. The van der Waals surface area contributed by atoms with E-state index >= 15 is 0 Å². The van der Waals surface area contributed by atoms with Gasteiger partial charge in [-0.1, -0.05) is 23.5 Å². The minimum Gasteiger partial charge on any atom is -0.507 e. The topological polar surface area (TPSA) is 89.0 Å². The molecule has 1 aliphatic rings. The highest BCUT2D eigenvalue weighted by Gasteiger charge is 2.48. The number of ketones is 1. The predicted octanol–water partition coefficient (Wildman–Crippen LogP) is 5.86. The van der Waals surface area contributed by atoms with Crippen LogP contribution in [0.4, 0.5) is 9.52 Å². The number of amides is 1. The molecule has 1 aliphatic heterocycles. The molecular formula is C28H23FN2O5S. The lowest BCUT2D eigenvalue weighted by molar-refractivity contribution is -0.132. The summed E-state index contributed by atoms with van der Waals surface area (Å²) in [7, 11) is 0. The number of aliphatic hydroxyl groups is 1. The van der Waals surface area contributed by atoms with Crippen molar-refractivity contribution in [3.63, 3.8) is 0 Å². The van der Waals surface area contributed by atoms with E-state index in [-0.39, 0.29) is 16.5 Å². The van der Waals surface area contributed by atoms with Gasteiger partial charge in [-0.2, -0.15) is 0 Å². The molecule has 0 saturated carbocycles. The molecule has 37 heavy (non-hydrogen) atoms. The second kappa shape index (κ2) is 10.0. The molecule has 4 aromatic rings. The molecule has 1 fully saturated rings. The lowest BCUT2D eigenvalue weighted by Gasteiger charge is -2.23. The third kappa shape index (κ3) is 4.53. The molecule has 2 heterocycles. The van der Waals surface area contributed by atoms with Crippen LogP contribution in [0.2, 0.25) is 0 Å². The lowest BCUT2D eigenvalue weighted by Crippen LogP contribution is -2.29. The number of Topliss-reactive ketones (excluding diaryl/α,β-unsaturated/α-hetero) is 1. The molecule has 188 valence electrons. The second-order valence-electron chi connectivity index (χ2n) is 8.24. The smallest absolute Gasteiger partial charge is 0.301 e. The number of nitrogens with zero attached hydrogens (tertiary/aromatic N) is 2. The fraction of sp³-hybridized carbons (Fsp3) is 0.179. The number of aliphatic hydroxyl groups excluding tert-OH is 1. The van der Waals surface area contributed by atoms with Crippen molar-refractivity contribution in [3.8, 4) is 11.5 Å². The minimum atomic E-state index is -0.951. The number of carbonyl (C=O) groups excluding carboxylic acids is 2. The van der Waals surface area contributed by atoms with Gasteiger partial charge in [0, 0.05) is 5.56 Å². The summed E-state index contributed by atoms with van der Waals surface area (Å²) in [6.07, 6.45) is 0. The zero-order valence-electron chi connectivity index (χ0n) is 20.1. The number of carbonyl (C=O) groups is 2. The van der Waals surface area contributed by atoms with E-state index in [1.54, 1.807) is 48.5 Å². The molecule has 0 aliphatic carbocycles. The molecule has 9 heteroatoms. The summed E-state index contributed by atoms with van der Waals surface area (Å²) in [4.78, 5) is 32.5. The van der Waals surface area contributed by atoms with Crippen LogP contribution in [0.1, 0.15) is 31.0 Å². The number of benzene rings is 3. The van der Waals surface area contributed by atoms with Gasteiger partial charge in [-0.3, -0.25) is 14.5 Å². The largest absolute Gasteiger partial charge is 0.507 e. The fourth-order valence-electron chi connectivity index (χ4n) is 4.28. The summed E-state index contributed by atoms with van der Waals surface area (Å²) >= 11 is 1.10. The van der Waals surface area contributed by atoms with Crippen LogP contribution in [0.15, 0.2) is 72.3 Å². The highest BCUT2D eigenvalue weighted by Crippen LogP contribution is 2.44. The van der Waals surface area contributed by atoms with Crippen molar-refractivity contribution in [1.29, 1.82) is 0 Å². The Morgan fingerprint density at radius 2 is 1.59 bits per heavy atom. The molecule has 0 spiro atoms. The van der Waals surface area contributed by atoms with E-state index in [0.29, 0.717) is 46.1 Å². The summed E-state index contributed by atoms with van der Waals surface area (Å²) in [5.41, 5.74) is 1.38. The Hall–Kier alpha value is -4.24.